The van der Waals surface area contributed by atoms with Gasteiger partial charge in [0.05, 0.1) is 42.6 Å². The normalized spacial score (nSPS) is 14.1. The Bertz CT molecular complexity index is 1070. The summed E-state index contributed by atoms with van der Waals surface area (Å²) in [4.78, 5) is 2.31. The Morgan fingerprint density at radius 1 is 0.657 bits per heavy atom. The average Bonchev–Trinajstić information content (AvgIpc) is 2.93. The maximum absolute atomic E-state index is 5.77. The predicted octanol–water partition coefficient (Wildman–Crippen LogP) is 8.31. The third kappa shape index (κ3) is 8.00. The quantitative estimate of drug-likeness (QED) is 0.208. The highest BCUT2D eigenvalue weighted by Crippen LogP contribution is 2.26. The predicted molar refractivity (Wildman–Crippen MR) is 140 cm³/mol. The second kappa shape index (κ2) is 13.3. The van der Waals surface area contributed by atoms with Gasteiger partial charge in [0.2, 0.25) is 0 Å². The van der Waals surface area contributed by atoms with Crippen molar-refractivity contribution >= 4 is 28.4 Å². The molecule has 0 aliphatic carbocycles. The highest BCUT2D eigenvalue weighted by Gasteiger charge is 2.10. The first-order valence-electron chi connectivity index (χ1n) is 12.4. The lowest BCUT2D eigenvalue weighted by Gasteiger charge is -2.28. The van der Waals surface area contributed by atoms with E-state index in [0.29, 0.717) is 0 Å². The molecule has 0 N–H and O–H groups in total. The third-order valence-corrected chi connectivity index (χ3v) is 5.74. The SMILES string of the molecule is CCCCCCOc1ccc(N=Nc2ccc(N=Nc3ccc(N4CCOCC4)cc3)cc2)cc1. The fourth-order valence-electron chi connectivity index (χ4n) is 3.70. The molecule has 1 heterocycles. The van der Waals surface area contributed by atoms with Gasteiger partial charge in [0, 0.05) is 18.8 Å². The Balaban J connectivity index is 1.26. The molecule has 1 fully saturated rings. The second-order valence-electron chi connectivity index (χ2n) is 8.44. The largest absolute Gasteiger partial charge is 0.494 e. The van der Waals surface area contributed by atoms with Crippen LogP contribution in [0.5, 0.6) is 5.75 Å². The molecule has 7 nitrogen and oxygen atoms in total. The lowest BCUT2D eigenvalue weighted by atomic mass is 10.2. The lowest BCUT2D eigenvalue weighted by Crippen LogP contribution is -2.36. The smallest absolute Gasteiger partial charge is 0.119 e. The van der Waals surface area contributed by atoms with Gasteiger partial charge in [-0.3, -0.25) is 0 Å². The molecule has 0 atom stereocenters. The van der Waals surface area contributed by atoms with Gasteiger partial charge >= 0.3 is 0 Å². The Labute approximate surface area is 207 Å². The summed E-state index contributed by atoms with van der Waals surface area (Å²) in [7, 11) is 0. The van der Waals surface area contributed by atoms with E-state index in [1.807, 2.05) is 60.7 Å². The summed E-state index contributed by atoms with van der Waals surface area (Å²) in [5.41, 5.74) is 4.31. The van der Waals surface area contributed by atoms with Gasteiger partial charge < -0.3 is 14.4 Å². The van der Waals surface area contributed by atoms with Crippen LogP contribution in [0.4, 0.5) is 28.4 Å². The highest BCUT2D eigenvalue weighted by atomic mass is 16.5. The van der Waals surface area contributed by atoms with Crippen LogP contribution in [-0.4, -0.2) is 32.9 Å². The number of unbranched alkanes of at least 4 members (excludes halogenated alkanes) is 3. The molecule has 3 aromatic carbocycles. The number of morpholine rings is 1. The minimum Gasteiger partial charge on any atom is -0.494 e. The molecular formula is C28H33N5O2. The number of anilines is 1. The van der Waals surface area contributed by atoms with Gasteiger partial charge in [-0.1, -0.05) is 26.2 Å². The first kappa shape index (κ1) is 24.5. The van der Waals surface area contributed by atoms with Gasteiger partial charge in [-0.2, -0.15) is 20.5 Å². The van der Waals surface area contributed by atoms with Crippen LogP contribution < -0.4 is 9.64 Å². The zero-order valence-electron chi connectivity index (χ0n) is 20.3. The maximum Gasteiger partial charge on any atom is 0.119 e. The molecule has 4 rings (SSSR count). The number of hydrogen-bond donors (Lipinski definition) is 0. The Morgan fingerprint density at radius 3 is 1.66 bits per heavy atom. The van der Waals surface area contributed by atoms with Crippen molar-refractivity contribution < 1.29 is 9.47 Å². The van der Waals surface area contributed by atoms with Crippen LogP contribution in [-0.2, 0) is 4.74 Å². The molecule has 0 unspecified atom stereocenters. The van der Waals surface area contributed by atoms with E-state index >= 15 is 0 Å². The summed E-state index contributed by atoms with van der Waals surface area (Å²) in [5.74, 6) is 0.867. The Hall–Kier alpha value is -3.58. The molecule has 0 bridgehead atoms. The van der Waals surface area contributed by atoms with Crippen molar-refractivity contribution in [2.45, 2.75) is 32.6 Å². The van der Waals surface area contributed by atoms with Crippen molar-refractivity contribution in [1.29, 1.82) is 0 Å². The third-order valence-electron chi connectivity index (χ3n) is 5.74. The topological polar surface area (TPSA) is 71.1 Å². The van der Waals surface area contributed by atoms with E-state index in [0.717, 1.165) is 67.8 Å². The zero-order chi connectivity index (χ0) is 24.1. The number of hydrogen-bond acceptors (Lipinski definition) is 7. The van der Waals surface area contributed by atoms with Crippen molar-refractivity contribution in [3.63, 3.8) is 0 Å². The zero-order valence-corrected chi connectivity index (χ0v) is 20.3. The molecule has 0 aromatic heterocycles. The van der Waals surface area contributed by atoms with E-state index in [2.05, 4.69) is 44.4 Å². The molecule has 0 radical (unpaired) electrons. The van der Waals surface area contributed by atoms with E-state index in [4.69, 9.17) is 9.47 Å². The molecule has 0 amide bonds. The average molecular weight is 472 g/mol. The van der Waals surface area contributed by atoms with E-state index < -0.39 is 0 Å². The first-order valence-corrected chi connectivity index (χ1v) is 12.4. The molecular weight excluding hydrogens is 438 g/mol. The number of benzene rings is 3. The standard InChI is InChI=1S/C28H33N5O2/c1-2-3-4-5-20-35-28-16-12-26(13-17-28)32-30-24-8-6-23(7-9-24)29-31-25-10-14-27(15-11-25)33-18-21-34-22-19-33/h6-17H,2-5,18-22H2,1H3. The number of azo groups is 2. The minimum atomic E-state index is 0.754. The van der Waals surface area contributed by atoms with E-state index in [9.17, 15) is 0 Å². The molecule has 182 valence electrons. The maximum atomic E-state index is 5.77. The van der Waals surface area contributed by atoms with Gasteiger partial charge in [0.25, 0.3) is 0 Å². The fourth-order valence-corrected chi connectivity index (χ4v) is 3.70. The summed E-state index contributed by atoms with van der Waals surface area (Å²) < 4.78 is 11.2. The Morgan fingerprint density at radius 2 is 1.14 bits per heavy atom. The van der Waals surface area contributed by atoms with E-state index in [1.165, 1.54) is 24.9 Å². The molecule has 1 saturated heterocycles. The van der Waals surface area contributed by atoms with Crippen molar-refractivity contribution in [1.82, 2.24) is 0 Å². The molecule has 3 aromatic rings. The van der Waals surface area contributed by atoms with Crippen LogP contribution in [0, 0.1) is 0 Å². The van der Waals surface area contributed by atoms with Crippen molar-refractivity contribution in [2.75, 3.05) is 37.8 Å². The van der Waals surface area contributed by atoms with E-state index in [-0.39, 0.29) is 0 Å². The molecule has 0 spiro atoms. The molecule has 1 aliphatic heterocycles. The molecule has 7 heteroatoms. The van der Waals surface area contributed by atoms with Crippen molar-refractivity contribution in [3.05, 3.63) is 72.8 Å². The Kier molecular flexibility index (Phi) is 9.36. The van der Waals surface area contributed by atoms with Crippen LogP contribution in [0.3, 0.4) is 0 Å². The minimum absolute atomic E-state index is 0.754. The van der Waals surface area contributed by atoms with Crippen LogP contribution in [0.1, 0.15) is 32.6 Å². The molecule has 35 heavy (non-hydrogen) atoms. The van der Waals surface area contributed by atoms with Crippen LogP contribution in [0.25, 0.3) is 0 Å². The van der Waals surface area contributed by atoms with Crippen LogP contribution in [0.2, 0.25) is 0 Å². The molecule has 1 aliphatic rings. The highest BCUT2D eigenvalue weighted by molar-refractivity contribution is 5.53. The van der Waals surface area contributed by atoms with Gasteiger partial charge in [-0.25, -0.2) is 0 Å². The van der Waals surface area contributed by atoms with Crippen LogP contribution in [0.15, 0.2) is 93.3 Å². The second-order valence-corrected chi connectivity index (χ2v) is 8.44. The summed E-state index contributed by atoms with van der Waals surface area (Å²) in [6.45, 7) is 6.35. The van der Waals surface area contributed by atoms with Gasteiger partial charge in [-0.05, 0) is 79.2 Å². The number of ether oxygens (including phenoxy) is 2. The lowest BCUT2D eigenvalue weighted by molar-refractivity contribution is 0.122. The number of nitrogens with zero attached hydrogens (tertiary/aromatic N) is 5. The first-order chi connectivity index (χ1) is 17.3. The number of rotatable bonds is 11. The van der Waals surface area contributed by atoms with Crippen molar-refractivity contribution in [2.24, 2.45) is 20.5 Å². The van der Waals surface area contributed by atoms with Gasteiger partial charge in [-0.15, -0.1) is 0 Å². The fraction of sp³-hybridized carbons (Fsp3) is 0.357. The van der Waals surface area contributed by atoms with Gasteiger partial charge in [0.1, 0.15) is 5.75 Å². The summed E-state index contributed by atoms with van der Waals surface area (Å²) in [6, 6.07) is 23.4. The van der Waals surface area contributed by atoms with Crippen LogP contribution >= 0.6 is 0 Å². The molecule has 0 saturated carbocycles. The summed E-state index contributed by atoms with van der Waals surface area (Å²) in [5, 5.41) is 17.3. The summed E-state index contributed by atoms with van der Waals surface area (Å²) in [6.07, 6.45) is 4.80. The van der Waals surface area contributed by atoms with Crippen molar-refractivity contribution in [3.8, 4) is 5.75 Å². The monoisotopic (exact) mass is 471 g/mol. The van der Waals surface area contributed by atoms with E-state index in [1.54, 1.807) is 0 Å². The van der Waals surface area contributed by atoms with Gasteiger partial charge in [0.15, 0.2) is 0 Å². The summed E-state index contributed by atoms with van der Waals surface area (Å²) >= 11 is 0.